The highest BCUT2D eigenvalue weighted by Gasteiger charge is 2.17. The predicted molar refractivity (Wildman–Crippen MR) is 120 cm³/mol. The van der Waals surface area contributed by atoms with Crippen molar-refractivity contribution in [2.45, 2.75) is 18.5 Å². The van der Waals surface area contributed by atoms with Crippen LogP contribution in [0.15, 0.2) is 52.4 Å². The Morgan fingerprint density at radius 3 is 2.59 bits per heavy atom. The van der Waals surface area contributed by atoms with E-state index in [0.717, 1.165) is 5.56 Å². The maximum atomic E-state index is 13.3. The van der Waals surface area contributed by atoms with Crippen LogP contribution < -0.4 is 5.56 Å². The number of nitrogens with zero attached hydrogens (tertiary/aromatic N) is 3. The molecule has 0 spiro atoms. The molecular formula is C20H22ClN3O3S2. The summed E-state index contributed by atoms with van der Waals surface area (Å²) in [4.78, 5) is 17.9. The Hall–Kier alpha value is -1.87. The molecule has 3 aromatic rings. The van der Waals surface area contributed by atoms with Gasteiger partial charge in [0.2, 0.25) is 10.0 Å². The lowest BCUT2D eigenvalue weighted by Crippen LogP contribution is -2.25. The average molecular weight is 452 g/mol. The van der Waals surface area contributed by atoms with Gasteiger partial charge in [0.15, 0.2) is 5.16 Å². The fraction of sp³-hybridized carbons (Fsp3) is 0.300. The molecule has 2 aromatic carbocycles. The zero-order chi connectivity index (χ0) is 21.2. The number of fused-ring (bicyclic) bond motifs is 1. The van der Waals surface area contributed by atoms with Crippen molar-refractivity contribution in [2.24, 2.45) is 0 Å². The summed E-state index contributed by atoms with van der Waals surface area (Å²) >= 11 is 7.64. The number of sulfonamides is 1. The molecule has 9 heteroatoms. The first-order chi connectivity index (χ1) is 13.7. The van der Waals surface area contributed by atoms with Crippen LogP contribution in [0, 0.1) is 6.92 Å². The maximum Gasteiger partial charge on any atom is 0.266 e. The molecule has 0 unspecified atom stereocenters. The minimum absolute atomic E-state index is 0.0427. The molecule has 154 valence electrons. The van der Waals surface area contributed by atoms with Crippen LogP contribution in [0.2, 0.25) is 5.02 Å². The summed E-state index contributed by atoms with van der Waals surface area (Å²) in [6.07, 6.45) is 0.447. The Morgan fingerprint density at radius 1 is 1.14 bits per heavy atom. The molecule has 1 heterocycles. The van der Waals surface area contributed by atoms with Crippen LogP contribution in [0.3, 0.4) is 0 Å². The minimum atomic E-state index is -3.26. The second kappa shape index (κ2) is 8.87. The Morgan fingerprint density at radius 2 is 1.86 bits per heavy atom. The fourth-order valence-electron chi connectivity index (χ4n) is 2.85. The van der Waals surface area contributed by atoms with Crippen molar-refractivity contribution in [3.05, 3.63) is 63.4 Å². The Kier molecular flexibility index (Phi) is 6.68. The normalized spacial score (nSPS) is 12.0. The molecule has 0 aliphatic heterocycles. The molecule has 0 fully saturated rings. The number of benzene rings is 2. The van der Waals surface area contributed by atoms with Gasteiger partial charge in [-0.25, -0.2) is 17.7 Å². The average Bonchev–Trinajstić information content (AvgIpc) is 2.68. The van der Waals surface area contributed by atoms with Crippen LogP contribution in [0.25, 0.3) is 16.6 Å². The van der Waals surface area contributed by atoms with Crippen molar-refractivity contribution in [3.8, 4) is 5.69 Å². The van der Waals surface area contributed by atoms with Gasteiger partial charge in [0, 0.05) is 24.9 Å². The van der Waals surface area contributed by atoms with Crippen molar-refractivity contribution in [1.82, 2.24) is 13.9 Å². The van der Waals surface area contributed by atoms with E-state index in [1.807, 2.05) is 19.1 Å². The zero-order valence-electron chi connectivity index (χ0n) is 16.4. The van der Waals surface area contributed by atoms with Crippen LogP contribution in [0.4, 0.5) is 0 Å². The fourth-order valence-corrected chi connectivity index (χ4v) is 5.02. The molecule has 6 nitrogen and oxygen atoms in total. The molecule has 0 atom stereocenters. The van der Waals surface area contributed by atoms with Crippen LogP contribution in [-0.2, 0) is 10.0 Å². The quantitative estimate of drug-likeness (QED) is 0.311. The number of hydrogen-bond acceptors (Lipinski definition) is 5. The van der Waals surface area contributed by atoms with E-state index in [1.165, 1.54) is 30.2 Å². The molecule has 0 aliphatic rings. The van der Waals surface area contributed by atoms with Crippen LogP contribution in [0.5, 0.6) is 0 Å². The molecule has 0 saturated carbocycles. The highest BCUT2D eigenvalue weighted by atomic mass is 35.5. The standard InChI is InChI=1S/C20H22ClN3O3S2/c1-14-16(21)9-6-11-18(14)24-19(25)15-8-4-5-10-17(15)22-20(24)28-12-7-13-29(26,27)23(2)3/h4-6,8-11H,7,12-13H2,1-3H3. The van der Waals surface area contributed by atoms with Crippen LogP contribution >= 0.6 is 23.4 Å². The lowest BCUT2D eigenvalue weighted by molar-refractivity contribution is 0.520. The van der Waals surface area contributed by atoms with Gasteiger partial charge < -0.3 is 0 Å². The van der Waals surface area contributed by atoms with E-state index >= 15 is 0 Å². The number of halogens is 1. The Bertz CT molecular complexity index is 1210. The molecule has 0 amide bonds. The van der Waals surface area contributed by atoms with E-state index in [-0.39, 0.29) is 11.3 Å². The third-order valence-electron chi connectivity index (χ3n) is 4.56. The van der Waals surface area contributed by atoms with Gasteiger partial charge in [0.25, 0.3) is 5.56 Å². The molecule has 0 radical (unpaired) electrons. The number of para-hydroxylation sites is 1. The molecule has 3 rings (SSSR count). The van der Waals surface area contributed by atoms with Gasteiger partial charge in [-0.1, -0.05) is 41.6 Å². The van der Waals surface area contributed by atoms with Crippen molar-refractivity contribution < 1.29 is 8.42 Å². The first-order valence-corrected chi connectivity index (χ1v) is 12.0. The van der Waals surface area contributed by atoms with E-state index in [4.69, 9.17) is 11.6 Å². The van der Waals surface area contributed by atoms with Gasteiger partial charge in [0.05, 0.1) is 22.3 Å². The molecule has 0 N–H and O–H groups in total. The summed E-state index contributed by atoms with van der Waals surface area (Å²) in [5.74, 6) is 0.554. The van der Waals surface area contributed by atoms with Crippen molar-refractivity contribution in [2.75, 3.05) is 25.6 Å². The summed E-state index contributed by atoms with van der Waals surface area (Å²) in [6, 6.07) is 12.6. The van der Waals surface area contributed by atoms with Crippen molar-refractivity contribution in [1.29, 1.82) is 0 Å². The number of aromatic nitrogens is 2. The summed E-state index contributed by atoms with van der Waals surface area (Å²) in [5.41, 5.74) is 1.88. The first kappa shape index (κ1) is 21.8. The highest BCUT2D eigenvalue weighted by molar-refractivity contribution is 7.99. The summed E-state index contributed by atoms with van der Waals surface area (Å²) in [6.45, 7) is 1.86. The predicted octanol–water partition coefficient (Wildman–Crippen LogP) is 3.72. The topological polar surface area (TPSA) is 72.3 Å². The second-order valence-electron chi connectivity index (χ2n) is 6.74. The minimum Gasteiger partial charge on any atom is -0.268 e. The van der Waals surface area contributed by atoms with E-state index in [2.05, 4.69) is 4.98 Å². The Labute approximate surface area is 179 Å². The Balaban J connectivity index is 2.02. The third-order valence-corrected chi connectivity index (χ3v) is 7.91. The van der Waals surface area contributed by atoms with E-state index < -0.39 is 10.0 Å². The first-order valence-electron chi connectivity index (χ1n) is 9.02. The molecule has 29 heavy (non-hydrogen) atoms. The smallest absolute Gasteiger partial charge is 0.266 e. The monoisotopic (exact) mass is 451 g/mol. The van der Waals surface area contributed by atoms with Crippen molar-refractivity contribution in [3.63, 3.8) is 0 Å². The number of rotatable bonds is 7. The van der Waals surface area contributed by atoms with E-state index in [9.17, 15) is 13.2 Å². The highest BCUT2D eigenvalue weighted by Crippen LogP contribution is 2.27. The van der Waals surface area contributed by atoms with Gasteiger partial charge in [-0.05, 0) is 43.2 Å². The summed E-state index contributed by atoms with van der Waals surface area (Å²) in [5, 5.41) is 1.60. The van der Waals surface area contributed by atoms with Gasteiger partial charge >= 0.3 is 0 Å². The lowest BCUT2D eigenvalue weighted by Gasteiger charge is -2.16. The lowest BCUT2D eigenvalue weighted by atomic mass is 10.2. The largest absolute Gasteiger partial charge is 0.268 e. The van der Waals surface area contributed by atoms with Crippen molar-refractivity contribution >= 4 is 44.3 Å². The van der Waals surface area contributed by atoms with Gasteiger partial charge in [-0.3, -0.25) is 9.36 Å². The van der Waals surface area contributed by atoms with Gasteiger partial charge in [0.1, 0.15) is 0 Å². The van der Waals surface area contributed by atoms with Crippen LogP contribution in [-0.4, -0.2) is 47.9 Å². The van der Waals surface area contributed by atoms with E-state index in [0.29, 0.717) is 38.9 Å². The zero-order valence-corrected chi connectivity index (χ0v) is 18.8. The SMILES string of the molecule is Cc1c(Cl)cccc1-n1c(SCCCS(=O)(=O)N(C)C)nc2ccccc2c1=O. The molecule has 0 saturated heterocycles. The molecule has 0 bridgehead atoms. The second-order valence-corrected chi connectivity index (χ2v) is 10.5. The maximum absolute atomic E-state index is 13.3. The van der Waals surface area contributed by atoms with Gasteiger partial charge in [-0.2, -0.15) is 0 Å². The number of thioether (sulfide) groups is 1. The third kappa shape index (κ3) is 4.66. The molecule has 0 aliphatic carbocycles. The van der Waals surface area contributed by atoms with Gasteiger partial charge in [-0.15, -0.1) is 0 Å². The number of hydrogen-bond donors (Lipinski definition) is 0. The summed E-state index contributed by atoms with van der Waals surface area (Å²) in [7, 11) is -0.215. The molecule has 1 aromatic heterocycles. The van der Waals surface area contributed by atoms with E-state index in [1.54, 1.807) is 34.9 Å². The van der Waals surface area contributed by atoms with Crippen LogP contribution in [0.1, 0.15) is 12.0 Å². The molecular weight excluding hydrogens is 430 g/mol. The summed E-state index contributed by atoms with van der Waals surface area (Å²) < 4.78 is 26.7.